The fourth-order valence-corrected chi connectivity index (χ4v) is 4.46. The molecule has 1 aliphatic heterocycles. The highest BCUT2D eigenvalue weighted by molar-refractivity contribution is 7.14. The number of pyridine rings is 1. The Balaban J connectivity index is 1.55. The van der Waals surface area contributed by atoms with Crippen LogP contribution < -0.4 is 9.47 Å². The first-order valence-corrected chi connectivity index (χ1v) is 10.8. The summed E-state index contributed by atoms with van der Waals surface area (Å²) in [5, 5.41) is 11.2. The first-order chi connectivity index (χ1) is 15.1. The van der Waals surface area contributed by atoms with Crippen molar-refractivity contribution in [3.05, 3.63) is 53.3 Å². The van der Waals surface area contributed by atoms with Crippen LogP contribution in [-0.4, -0.2) is 51.6 Å². The molecule has 0 aliphatic carbocycles. The van der Waals surface area contributed by atoms with Crippen LogP contribution in [0.2, 0.25) is 0 Å². The first-order valence-electron chi connectivity index (χ1n) is 9.88. The summed E-state index contributed by atoms with van der Waals surface area (Å²) in [4.78, 5) is 28.8. The van der Waals surface area contributed by atoms with Crippen molar-refractivity contribution in [1.29, 1.82) is 5.26 Å². The Morgan fingerprint density at radius 2 is 2.03 bits per heavy atom. The fraction of sp³-hybridized carbons (Fsp3) is 0.318. The van der Waals surface area contributed by atoms with E-state index in [4.69, 9.17) is 9.47 Å². The number of hydrogen-bond donors (Lipinski definition) is 0. The zero-order valence-electron chi connectivity index (χ0n) is 17.2. The summed E-state index contributed by atoms with van der Waals surface area (Å²) in [6, 6.07) is 7.29. The van der Waals surface area contributed by atoms with Gasteiger partial charge in [0.15, 0.2) is 11.6 Å². The lowest BCUT2D eigenvalue weighted by Gasteiger charge is -2.38. The molecule has 158 valence electrons. The van der Waals surface area contributed by atoms with Crippen LogP contribution in [-0.2, 0) is 0 Å². The number of carbonyl (C=O) groups excluding carboxylic acids is 1. The number of ether oxygens (including phenoxy) is 2. The van der Waals surface area contributed by atoms with Crippen LogP contribution in [0.5, 0.6) is 11.6 Å². The number of aromatic nitrogens is 3. The standard InChI is InChI=1S/C22H21N5O3S/c1-14-4-5-16(30-21-18(29-2)15(12-23)6-10-26-21)13-27(14)22(28)17-7-11-31-19(17)20-24-8-3-9-25-20/h3,6-11,14,16H,4-5,13H2,1-2H3. The smallest absolute Gasteiger partial charge is 0.258 e. The third kappa shape index (κ3) is 4.20. The van der Waals surface area contributed by atoms with Crippen LogP contribution in [0.1, 0.15) is 35.7 Å². The normalized spacial score (nSPS) is 18.3. The van der Waals surface area contributed by atoms with Gasteiger partial charge in [0.1, 0.15) is 17.7 Å². The molecule has 2 atom stereocenters. The molecule has 3 aromatic rings. The van der Waals surface area contributed by atoms with Gasteiger partial charge >= 0.3 is 0 Å². The van der Waals surface area contributed by atoms with E-state index in [2.05, 4.69) is 21.0 Å². The van der Waals surface area contributed by atoms with Crippen LogP contribution in [0.3, 0.4) is 0 Å². The number of piperidine rings is 1. The van der Waals surface area contributed by atoms with Gasteiger partial charge < -0.3 is 14.4 Å². The average Bonchev–Trinajstić information content (AvgIpc) is 3.30. The van der Waals surface area contributed by atoms with Crippen LogP contribution >= 0.6 is 11.3 Å². The molecule has 1 saturated heterocycles. The van der Waals surface area contributed by atoms with Gasteiger partial charge in [-0.25, -0.2) is 15.0 Å². The summed E-state index contributed by atoms with van der Waals surface area (Å²) in [6.07, 6.45) is 6.15. The number of rotatable bonds is 5. The number of likely N-dealkylation sites (tertiary alicyclic amines) is 1. The number of amides is 1. The minimum absolute atomic E-state index is 0.0667. The van der Waals surface area contributed by atoms with Crippen molar-refractivity contribution in [3.63, 3.8) is 0 Å². The van der Waals surface area contributed by atoms with E-state index in [0.717, 1.165) is 17.7 Å². The molecule has 9 heteroatoms. The molecule has 2 unspecified atom stereocenters. The monoisotopic (exact) mass is 435 g/mol. The highest BCUT2D eigenvalue weighted by Gasteiger charge is 2.33. The molecular formula is C22H21N5O3S. The summed E-state index contributed by atoms with van der Waals surface area (Å²) in [6.45, 7) is 2.45. The van der Waals surface area contributed by atoms with Crippen LogP contribution in [0.4, 0.5) is 0 Å². The second-order valence-corrected chi connectivity index (χ2v) is 8.08. The minimum atomic E-state index is -0.259. The molecule has 4 rings (SSSR count). The lowest BCUT2D eigenvalue weighted by atomic mass is 10.00. The number of thiophene rings is 1. The van der Waals surface area contributed by atoms with Crippen LogP contribution in [0.25, 0.3) is 10.7 Å². The molecule has 0 N–H and O–H groups in total. The molecule has 3 aromatic heterocycles. The maximum Gasteiger partial charge on any atom is 0.258 e. The summed E-state index contributed by atoms with van der Waals surface area (Å²) < 4.78 is 11.4. The molecule has 0 aromatic carbocycles. The number of nitrogens with zero attached hydrogens (tertiary/aromatic N) is 5. The van der Waals surface area contributed by atoms with E-state index < -0.39 is 0 Å². The zero-order valence-corrected chi connectivity index (χ0v) is 18.0. The average molecular weight is 436 g/mol. The quantitative estimate of drug-likeness (QED) is 0.604. The maximum absolute atomic E-state index is 13.4. The second kappa shape index (κ2) is 9.10. The van der Waals surface area contributed by atoms with Crippen molar-refractivity contribution in [3.8, 4) is 28.4 Å². The second-order valence-electron chi connectivity index (χ2n) is 7.17. The van der Waals surface area contributed by atoms with E-state index in [1.807, 2.05) is 23.3 Å². The van der Waals surface area contributed by atoms with Crippen molar-refractivity contribution in [1.82, 2.24) is 19.9 Å². The molecule has 8 nitrogen and oxygen atoms in total. The predicted molar refractivity (Wildman–Crippen MR) is 115 cm³/mol. The Hall–Kier alpha value is -3.51. The van der Waals surface area contributed by atoms with Gasteiger partial charge in [-0.15, -0.1) is 11.3 Å². The largest absolute Gasteiger partial charge is 0.490 e. The maximum atomic E-state index is 13.4. The highest BCUT2D eigenvalue weighted by Crippen LogP contribution is 2.33. The van der Waals surface area contributed by atoms with Crippen LogP contribution in [0.15, 0.2) is 42.2 Å². The summed E-state index contributed by atoms with van der Waals surface area (Å²) in [5.41, 5.74) is 0.946. The van der Waals surface area contributed by atoms with Gasteiger partial charge in [-0.2, -0.15) is 5.26 Å². The summed E-state index contributed by atoms with van der Waals surface area (Å²) in [5.74, 6) is 1.04. The van der Waals surface area contributed by atoms with Crippen molar-refractivity contribution < 1.29 is 14.3 Å². The number of hydrogen-bond acceptors (Lipinski definition) is 8. The molecule has 0 saturated carbocycles. The Morgan fingerprint density at radius 1 is 1.23 bits per heavy atom. The van der Waals surface area contributed by atoms with E-state index in [1.165, 1.54) is 24.6 Å². The van der Waals surface area contributed by atoms with Crippen molar-refractivity contribution in [2.45, 2.75) is 31.9 Å². The Labute approximate surface area is 184 Å². The molecule has 0 bridgehead atoms. The highest BCUT2D eigenvalue weighted by atomic mass is 32.1. The van der Waals surface area contributed by atoms with Gasteiger partial charge in [0, 0.05) is 24.6 Å². The number of carbonyl (C=O) groups is 1. The molecule has 0 radical (unpaired) electrons. The zero-order chi connectivity index (χ0) is 21.8. The van der Waals surface area contributed by atoms with E-state index in [9.17, 15) is 10.1 Å². The molecule has 1 fully saturated rings. The van der Waals surface area contributed by atoms with Gasteiger partial charge in [-0.05, 0) is 43.3 Å². The molecule has 1 aliphatic rings. The summed E-state index contributed by atoms with van der Waals surface area (Å²) >= 11 is 1.45. The molecule has 31 heavy (non-hydrogen) atoms. The summed E-state index contributed by atoms with van der Waals surface area (Å²) in [7, 11) is 1.48. The number of methoxy groups -OCH3 is 1. The third-order valence-corrected chi connectivity index (χ3v) is 6.15. The lowest BCUT2D eigenvalue weighted by molar-refractivity contribution is 0.0366. The van der Waals surface area contributed by atoms with Crippen molar-refractivity contribution >= 4 is 17.2 Å². The van der Waals surface area contributed by atoms with Gasteiger partial charge in [0.25, 0.3) is 11.8 Å². The van der Waals surface area contributed by atoms with Gasteiger partial charge in [0.05, 0.1) is 24.1 Å². The minimum Gasteiger partial charge on any atom is -0.490 e. The Bertz CT molecular complexity index is 1110. The number of nitriles is 1. The van der Waals surface area contributed by atoms with E-state index in [1.54, 1.807) is 24.5 Å². The van der Waals surface area contributed by atoms with Gasteiger partial charge in [0.2, 0.25) is 0 Å². The van der Waals surface area contributed by atoms with Crippen molar-refractivity contribution in [2.75, 3.05) is 13.7 Å². The van der Waals surface area contributed by atoms with Gasteiger partial charge in [-0.1, -0.05) is 0 Å². The third-order valence-electron chi connectivity index (χ3n) is 5.24. The molecular weight excluding hydrogens is 414 g/mol. The van der Waals surface area contributed by atoms with Crippen LogP contribution in [0, 0.1) is 11.3 Å². The van der Waals surface area contributed by atoms with E-state index in [0.29, 0.717) is 29.2 Å². The van der Waals surface area contributed by atoms with E-state index >= 15 is 0 Å². The van der Waals surface area contributed by atoms with Crippen molar-refractivity contribution in [2.24, 2.45) is 0 Å². The van der Waals surface area contributed by atoms with Gasteiger partial charge in [-0.3, -0.25) is 4.79 Å². The predicted octanol–water partition coefficient (Wildman–Crippen LogP) is 3.55. The SMILES string of the molecule is COc1c(C#N)ccnc1OC1CCC(C)N(C(=O)c2ccsc2-c2ncccn2)C1. The lowest BCUT2D eigenvalue weighted by Crippen LogP contribution is -2.49. The molecule has 1 amide bonds. The molecule has 4 heterocycles. The fourth-order valence-electron chi connectivity index (χ4n) is 3.63. The first kappa shape index (κ1) is 20.8. The Morgan fingerprint density at radius 3 is 2.77 bits per heavy atom. The molecule has 0 spiro atoms. The topological polar surface area (TPSA) is 101 Å². The Kier molecular flexibility index (Phi) is 6.09. The van der Waals surface area contributed by atoms with E-state index in [-0.39, 0.29) is 23.9 Å².